The fraction of sp³-hybridized carbons (Fsp3) is 0.569. The van der Waals surface area contributed by atoms with Gasteiger partial charge in [-0.2, -0.15) is 0 Å². The van der Waals surface area contributed by atoms with Crippen LogP contribution in [0.25, 0.3) is 11.1 Å². The minimum absolute atomic E-state index is 0.111. The van der Waals surface area contributed by atoms with Crippen LogP contribution in [-0.2, 0) is 57.6 Å². The fourth-order valence-electron chi connectivity index (χ4n) is 7.19. The topological polar surface area (TPSA) is 102 Å². The van der Waals surface area contributed by atoms with E-state index in [4.69, 9.17) is 14.2 Å². The molecule has 0 aliphatic carbocycles. The van der Waals surface area contributed by atoms with E-state index >= 15 is 0 Å². The molecular weight excluding hydrogens is 725 g/mol. The van der Waals surface area contributed by atoms with Crippen molar-refractivity contribution in [2.45, 2.75) is 145 Å². The lowest BCUT2D eigenvalue weighted by Crippen LogP contribution is -2.32. The van der Waals surface area contributed by atoms with Gasteiger partial charge in [-0.25, -0.2) is 4.79 Å². The lowest BCUT2D eigenvalue weighted by atomic mass is 9.81. The first-order valence-electron chi connectivity index (χ1n) is 22.0. The Morgan fingerprint density at radius 3 is 1.76 bits per heavy atom. The Bertz CT molecular complexity index is 1710. The zero-order valence-corrected chi connectivity index (χ0v) is 37.0. The highest BCUT2D eigenvalue weighted by Gasteiger charge is 2.29. The van der Waals surface area contributed by atoms with Crippen LogP contribution in [0.2, 0.25) is 0 Å². The monoisotopic (exact) mass is 799 g/mol. The first kappa shape index (κ1) is 48.4. The molecule has 58 heavy (non-hydrogen) atoms. The van der Waals surface area contributed by atoms with E-state index in [-0.39, 0.29) is 32.4 Å². The number of aliphatic hydroxyl groups excluding tert-OH is 2. The number of ether oxygens (including phenoxy) is 3. The van der Waals surface area contributed by atoms with Crippen LogP contribution in [0.5, 0.6) is 5.75 Å². The molecule has 320 valence electrons. The molecule has 3 aromatic rings. The standard InChI is InChI=1S/C51H74O7/c1-9-12-14-17-39-20-22-40(23-21-39)24-25-41-26-27-46(42(11-3)33-41)45-34-43(18-15-30-57-48(54)38(4)5)47(56-32-29-51(36-52,37-53)28-13-10-2)44(35-45)19-16-31-58-49(55)50(6,7)8/h20-23,26-27,33-35,52-53H,4,9-19,24-25,28-32,36-37H2,1-3,5-8H3. The summed E-state index contributed by atoms with van der Waals surface area (Å²) < 4.78 is 17.8. The predicted octanol–water partition coefficient (Wildman–Crippen LogP) is 10.9. The minimum Gasteiger partial charge on any atom is -0.493 e. The lowest BCUT2D eigenvalue weighted by Gasteiger charge is -2.30. The third kappa shape index (κ3) is 15.7. The number of carbonyl (C=O) groups excluding carboxylic acids is 2. The summed E-state index contributed by atoms with van der Waals surface area (Å²) in [5.74, 6) is 0.133. The van der Waals surface area contributed by atoms with Gasteiger partial charge in [0.2, 0.25) is 0 Å². The molecule has 2 N–H and O–H groups in total. The quantitative estimate of drug-likeness (QED) is 0.0450. The number of carbonyl (C=O) groups is 2. The number of hydrogen-bond donors (Lipinski definition) is 2. The summed E-state index contributed by atoms with van der Waals surface area (Å²) in [4.78, 5) is 24.8. The zero-order valence-electron chi connectivity index (χ0n) is 37.0. The van der Waals surface area contributed by atoms with Crippen molar-refractivity contribution in [1.82, 2.24) is 0 Å². The molecule has 3 aromatic carbocycles. The first-order chi connectivity index (χ1) is 27.8. The van der Waals surface area contributed by atoms with Gasteiger partial charge in [-0.1, -0.05) is 95.5 Å². The van der Waals surface area contributed by atoms with E-state index in [2.05, 4.69) is 81.9 Å². The van der Waals surface area contributed by atoms with E-state index < -0.39 is 16.8 Å². The average molecular weight is 799 g/mol. The van der Waals surface area contributed by atoms with E-state index in [0.29, 0.717) is 50.7 Å². The summed E-state index contributed by atoms with van der Waals surface area (Å²) in [5, 5.41) is 20.7. The molecule has 0 atom stereocenters. The molecular formula is C51H74O7. The summed E-state index contributed by atoms with van der Waals surface area (Å²) in [7, 11) is 0. The smallest absolute Gasteiger partial charge is 0.333 e. The molecule has 7 heteroatoms. The number of aliphatic hydroxyl groups is 2. The molecule has 0 saturated heterocycles. The van der Waals surface area contributed by atoms with Crippen LogP contribution in [0, 0.1) is 10.8 Å². The SMILES string of the molecule is C=C(C)C(=O)OCCCc1cc(-c2ccc(CCc3ccc(CCCCC)cc3)cc2CC)cc(CCCOC(=O)C(C)(C)C)c1OCCC(CO)(CO)CCCC. The Balaban J connectivity index is 1.98. The normalized spacial score (nSPS) is 11.7. The van der Waals surface area contributed by atoms with Gasteiger partial charge in [0, 0.05) is 11.0 Å². The summed E-state index contributed by atoms with van der Waals surface area (Å²) in [6, 6.07) is 20.4. The van der Waals surface area contributed by atoms with Gasteiger partial charge in [-0.05, 0) is 155 Å². The number of benzene rings is 3. The van der Waals surface area contributed by atoms with Crippen LogP contribution >= 0.6 is 0 Å². The van der Waals surface area contributed by atoms with Crippen molar-refractivity contribution in [3.05, 3.63) is 100 Å². The van der Waals surface area contributed by atoms with Gasteiger partial charge in [0.15, 0.2) is 0 Å². The second-order valence-electron chi connectivity index (χ2n) is 17.3. The van der Waals surface area contributed by atoms with Gasteiger partial charge in [-0.3, -0.25) is 4.79 Å². The van der Waals surface area contributed by atoms with E-state index in [1.54, 1.807) is 6.92 Å². The molecule has 0 aromatic heterocycles. The molecule has 0 amide bonds. The number of hydrogen-bond acceptors (Lipinski definition) is 7. The Morgan fingerprint density at radius 2 is 1.21 bits per heavy atom. The van der Waals surface area contributed by atoms with Gasteiger partial charge < -0.3 is 24.4 Å². The average Bonchev–Trinajstić information content (AvgIpc) is 3.21. The highest BCUT2D eigenvalue weighted by atomic mass is 16.5. The van der Waals surface area contributed by atoms with Gasteiger partial charge in [0.1, 0.15) is 5.75 Å². The second kappa shape index (κ2) is 24.9. The minimum atomic E-state index is -0.621. The van der Waals surface area contributed by atoms with Crippen LogP contribution in [0.15, 0.2) is 66.7 Å². The van der Waals surface area contributed by atoms with Gasteiger partial charge in [0.05, 0.1) is 38.4 Å². The van der Waals surface area contributed by atoms with E-state index in [1.807, 2.05) is 20.8 Å². The number of unbranched alkanes of at least 4 members (excludes halogenated alkanes) is 3. The van der Waals surface area contributed by atoms with Crippen molar-refractivity contribution in [1.29, 1.82) is 0 Å². The third-order valence-electron chi connectivity index (χ3n) is 11.1. The lowest BCUT2D eigenvalue weighted by molar-refractivity contribution is -0.153. The Morgan fingerprint density at radius 1 is 0.638 bits per heavy atom. The van der Waals surface area contributed by atoms with Crippen molar-refractivity contribution in [2.75, 3.05) is 33.0 Å². The van der Waals surface area contributed by atoms with Crippen LogP contribution in [0.1, 0.15) is 140 Å². The molecule has 0 saturated carbocycles. The van der Waals surface area contributed by atoms with E-state index in [9.17, 15) is 19.8 Å². The van der Waals surface area contributed by atoms with Crippen LogP contribution in [0.4, 0.5) is 0 Å². The molecule has 0 aliphatic heterocycles. The largest absolute Gasteiger partial charge is 0.493 e. The molecule has 3 rings (SSSR count). The number of esters is 2. The van der Waals surface area contributed by atoms with Crippen LogP contribution < -0.4 is 4.74 Å². The third-order valence-corrected chi connectivity index (χ3v) is 11.1. The molecule has 0 spiro atoms. The second-order valence-corrected chi connectivity index (χ2v) is 17.3. The maximum absolute atomic E-state index is 12.6. The zero-order chi connectivity index (χ0) is 42.6. The van der Waals surface area contributed by atoms with Crippen LogP contribution in [0.3, 0.4) is 0 Å². The maximum atomic E-state index is 12.6. The first-order valence-corrected chi connectivity index (χ1v) is 22.0. The van der Waals surface area contributed by atoms with Gasteiger partial charge in [0.25, 0.3) is 0 Å². The van der Waals surface area contributed by atoms with Gasteiger partial charge >= 0.3 is 11.9 Å². The highest BCUT2D eigenvalue weighted by Crippen LogP contribution is 2.36. The molecule has 0 radical (unpaired) electrons. The number of rotatable bonds is 27. The Labute approximate surface area is 350 Å². The summed E-state index contributed by atoms with van der Waals surface area (Å²) in [5.41, 5.74) is 8.79. The fourth-order valence-corrected chi connectivity index (χ4v) is 7.19. The molecule has 0 fully saturated rings. The van der Waals surface area contributed by atoms with Crippen molar-refractivity contribution < 1.29 is 34.0 Å². The van der Waals surface area contributed by atoms with Crippen molar-refractivity contribution in [3.8, 4) is 16.9 Å². The summed E-state index contributed by atoms with van der Waals surface area (Å²) >= 11 is 0. The van der Waals surface area contributed by atoms with Crippen molar-refractivity contribution in [2.24, 2.45) is 10.8 Å². The molecule has 0 bridgehead atoms. The highest BCUT2D eigenvalue weighted by molar-refractivity contribution is 5.86. The van der Waals surface area contributed by atoms with Gasteiger partial charge in [-0.15, -0.1) is 0 Å². The Hall–Kier alpha value is -3.94. The van der Waals surface area contributed by atoms with E-state index in [1.165, 1.54) is 47.1 Å². The summed E-state index contributed by atoms with van der Waals surface area (Å²) in [6.07, 6.45) is 13.3. The maximum Gasteiger partial charge on any atom is 0.333 e. The predicted molar refractivity (Wildman–Crippen MR) is 237 cm³/mol. The summed E-state index contributed by atoms with van der Waals surface area (Å²) in [6.45, 7) is 18.1. The van der Waals surface area contributed by atoms with Crippen molar-refractivity contribution >= 4 is 11.9 Å². The Kier molecular flexibility index (Phi) is 20.8. The van der Waals surface area contributed by atoms with Crippen molar-refractivity contribution in [3.63, 3.8) is 0 Å². The molecule has 0 aliphatic rings. The molecule has 0 unspecified atom stereocenters. The van der Waals surface area contributed by atoms with Crippen LogP contribution in [-0.4, -0.2) is 55.2 Å². The van der Waals surface area contributed by atoms with E-state index in [0.717, 1.165) is 61.0 Å². The molecule has 0 heterocycles. The number of aryl methyl sites for hydroxylation is 6. The molecule has 7 nitrogen and oxygen atoms in total.